The molecule has 0 saturated heterocycles. The fourth-order valence-corrected chi connectivity index (χ4v) is 3.18. The van der Waals surface area contributed by atoms with Crippen LogP contribution in [0.25, 0.3) is 10.8 Å². The lowest BCUT2D eigenvalue weighted by atomic mass is 10.1. The van der Waals surface area contributed by atoms with E-state index in [1.165, 1.54) is 25.1 Å². The number of aliphatic carboxylic acids is 1. The number of nitrogens with zero attached hydrogens (tertiary/aromatic N) is 4. The first-order valence-electron chi connectivity index (χ1n) is 10.5. The minimum Gasteiger partial charge on any atom is -0.506 e. The van der Waals surface area contributed by atoms with Gasteiger partial charge in [0, 0.05) is 31.4 Å². The Bertz CT molecular complexity index is 1290. The predicted octanol–water partition coefficient (Wildman–Crippen LogP) is 2.77. The highest BCUT2D eigenvalue weighted by Gasteiger charge is 2.26. The smallest absolute Gasteiger partial charge is 0.326 e. The molecule has 3 N–H and O–H groups in total. The van der Waals surface area contributed by atoms with Crippen LogP contribution in [0.4, 0.5) is 4.79 Å². The lowest BCUT2D eigenvalue weighted by Gasteiger charge is -2.20. The molecule has 0 saturated carbocycles. The minimum absolute atomic E-state index is 0.123. The first-order valence-corrected chi connectivity index (χ1v) is 10.5. The van der Waals surface area contributed by atoms with Crippen molar-refractivity contribution in [1.82, 2.24) is 20.1 Å². The van der Waals surface area contributed by atoms with Gasteiger partial charge in [0.15, 0.2) is 6.19 Å². The third-order valence-corrected chi connectivity index (χ3v) is 5.03. The Hall–Kier alpha value is -4.85. The number of pyridine rings is 1. The molecule has 0 aliphatic carbocycles. The number of carbonyl (C=O) groups excluding carboxylic acids is 2. The van der Waals surface area contributed by atoms with Gasteiger partial charge in [0.25, 0.3) is 5.91 Å². The molecule has 0 spiro atoms. The number of para-hydroxylation sites is 1. The van der Waals surface area contributed by atoms with Gasteiger partial charge in [-0.3, -0.25) is 4.79 Å². The summed E-state index contributed by atoms with van der Waals surface area (Å²) in [4.78, 5) is 42.5. The van der Waals surface area contributed by atoms with Crippen molar-refractivity contribution in [2.24, 2.45) is 0 Å². The second-order valence-electron chi connectivity index (χ2n) is 7.69. The van der Waals surface area contributed by atoms with Gasteiger partial charge >= 0.3 is 12.0 Å². The second-order valence-corrected chi connectivity index (χ2v) is 7.69. The molecular weight excluding hydrogens is 454 g/mol. The van der Waals surface area contributed by atoms with Crippen molar-refractivity contribution in [1.29, 1.82) is 5.26 Å². The maximum absolute atomic E-state index is 13.2. The largest absolute Gasteiger partial charge is 0.506 e. The van der Waals surface area contributed by atoms with Crippen molar-refractivity contribution in [3.63, 3.8) is 0 Å². The summed E-state index contributed by atoms with van der Waals surface area (Å²) in [5.41, 5.74) is -0.123. The fraction of sp³-hybridized carbons (Fsp3) is 0.208. The number of rotatable bonds is 8. The van der Waals surface area contributed by atoms with Gasteiger partial charge in [-0.25, -0.2) is 19.5 Å². The van der Waals surface area contributed by atoms with E-state index in [9.17, 15) is 29.9 Å². The standard InChI is InChI=1S/C24H23N5O6/c1-28(2)24(34)27-19(23(32)33)10-11-29(14-25)22(31)21-18-12-16(35-15-6-4-3-5-7-15)8-9-17(18)20(30)13-26-21/h3-9,12-13,19,30H,10-11H2,1-2H3,(H,27,34)(H,32,33)/t19-/m1/s1. The van der Waals surface area contributed by atoms with Crippen LogP contribution in [0.1, 0.15) is 16.9 Å². The summed E-state index contributed by atoms with van der Waals surface area (Å²) in [6, 6.07) is 11.7. The molecule has 11 heteroatoms. The maximum Gasteiger partial charge on any atom is 0.326 e. The summed E-state index contributed by atoms with van der Waals surface area (Å²) in [5.74, 6) is -1.32. The van der Waals surface area contributed by atoms with E-state index >= 15 is 0 Å². The second kappa shape index (κ2) is 10.8. The zero-order valence-electron chi connectivity index (χ0n) is 19.0. The number of aromatic hydroxyl groups is 1. The van der Waals surface area contributed by atoms with Crippen LogP contribution in [0.3, 0.4) is 0 Å². The van der Waals surface area contributed by atoms with Gasteiger partial charge in [-0.1, -0.05) is 18.2 Å². The number of benzene rings is 2. The molecule has 0 radical (unpaired) electrons. The minimum atomic E-state index is -1.32. The Kier molecular flexibility index (Phi) is 7.68. The number of carboxylic acid groups (broad SMARTS) is 1. The summed E-state index contributed by atoms with van der Waals surface area (Å²) >= 11 is 0. The number of ether oxygens (including phenoxy) is 1. The molecule has 3 amide bonds. The summed E-state index contributed by atoms with van der Waals surface area (Å²) in [6.07, 6.45) is 2.62. The summed E-state index contributed by atoms with van der Waals surface area (Å²) < 4.78 is 5.80. The Balaban J connectivity index is 1.87. The number of hydrogen-bond donors (Lipinski definition) is 3. The van der Waals surface area contributed by atoms with Gasteiger partial charge in [0.05, 0.1) is 6.20 Å². The average molecular weight is 477 g/mol. The number of urea groups is 1. The lowest BCUT2D eigenvalue weighted by molar-refractivity contribution is -0.139. The van der Waals surface area contributed by atoms with E-state index in [1.54, 1.807) is 42.6 Å². The Morgan fingerprint density at radius 1 is 1.11 bits per heavy atom. The summed E-state index contributed by atoms with van der Waals surface area (Å²) in [6.45, 7) is -0.287. The molecule has 11 nitrogen and oxygen atoms in total. The molecule has 1 aromatic heterocycles. The van der Waals surface area contributed by atoms with Crippen LogP contribution in [0, 0.1) is 11.5 Å². The van der Waals surface area contributed by atoms with Crippen LogP contribution >= 0.6 is 0 Å². The summed E-state index contributed by atoms with van der Waals surface area (Å²) in [5, 5.41) is 32.1. The molecule has 0 bridgehead atoms. The first kappa shape index (κ1) is 24.8. The Morgan fingerprint density at radius 2 is 1.83 bits per heavy atom. The lowest BCUT2D eigenvalue weighted by Crippen LogP contribution is -2.47. The van der Waals surface area contributed by atoms with Crippen molar-refractivity contribution >= 4 is 28.7 Å². The topological polar surface area (TPSA) is 156 Å². The molecule has 35 heavy (non-hydrogen) atoms. The van der Waals surface area contributed by atoms with Gasteiger partial charge < -0.3 is 25.2 Å². The number of amides is 3. The van der Waals surface area contributed by atoms with Crippen LogP contribution in [0.15, 0.2) is 54.7 Å². The summed E-state index contributed by atoms with van der Waals surface area (Å²) in [7, 11) is 2.91. The van der Waals surface area contributed by atoms with E-state index < -0.39 is 23.9 Å². The van der Waals surface area contributed by atoms with E-state index in [4.69, 9.17) is 4.74 Å². The number of aromatic nitrogens is 1. The van der Waals surface area contributed by atoms with Crippen molar-refractivity contribution in [2.45, 2.75) is 12.5 Å². The van der Waals surface area contributed by atoms with Crippen LogP contribution in [0.2, 0.25) is 0 Å². The molecule has 3 aromatic rings. The molecule has 1 atom stereocenters. The number of hydrogen-bond acceptors (Lipinski definition) is 7. The van der Waals surface area contributed by atoms with E-state index in [0.29, 0.717) is 16.9 Å². The number of nitrogens with one attached hydrogen (secondary N) is 1. The molecule has 0 aliphatic heterocycles. The average Bonchev–Trinajstić information content (AvgIpc) is 2.84. The molecule has 0 unspecified atom stereocenters. The van der Waals surface area contributed by atoms with Gasteiger partial charge in [-0.2, -0.15) is 5.26 Å². The quantitative estimate of drug-likeness (QED) is 0.330. The van der Waals surface area contributed by atoms with Gasteiger partial charge in [0.1, 0.15) is 29.0 Å². The van der Waals surface area contributed by atoms with E-state index in [1.807, 2.05) is 6.07 Å². The van der Waals surface area contributed by atoms with Crippen LogP contribution < -0.4 is 10.1 Å². The van der Waals surface area contributed by atoms with Gasteiger partial charge in [-0.15, -0.1) is 0 Å². The van der Waals surface area contributed by atoms with Crippen molar-refractivity contribution in [3.8, 4) is 23.4 Å². The van der Waals surface area contributed by atoms with E-state index in [2.05, 4.69) is 10.3 Å². The van der Waals surface area contributed by atoms with Crippen molar-refractivity contribution in [3.05, 3.63) is 60.4 Å². The Labute approximate surface area is 200 Å². The number of carbonyl (C=O) groups is 3. The molecule has 3 rings (SSSR count). The highest BCUT2D eigenvalue weighted by atomic mass is 16.5. The van der Waals surface area contributed by atoms with Crippen LogP contribution in [-0.4, -0.2) is 69.6 Å². The van der Waals surface area contributed by atoms with Crippen LogP contribution in [-0.2, 0) is 4.79 Å². The van der Waals surface area contributed by atoms with Gasteiger partial charge in [0.2, 0.25) is 0 Å². The molecule has 0 fully saturated rings. The molecule has 0 aliphatic rings. The third kappa shape index (κ3) is 5.94. The van der Waals surface area contributed by atoms with Gasteiger partial charge in [-0.05, 0) is 36.8 Å². The van der Waals surface area contributed by atoms with Crippen molar-refractivity contribution < 1.29 is 29.3 Å². The fourth-order valence-electron chi connectivity index (χ4n) is 3.18. The molecular formula is C24H23N5O6. The number of nitriles is 1. The zero-order valence-corrected chi connectivity index (χ0v) is 19.0. The normalized spacial score (nSPS) is 11.2. The van der Waals surface area contributed by atoms with E-state index in [-0.39, 0.29) is 29.8 Å². The number of carboxylic acids is 1. The predicted molar refractivity (Wildman–Crippen MR) is 125 cm³/mol. The van der Waals surface area contributed by atoms with E-state index in [0.717, 1.165) is 11.1 Å². The molecule has 2 aromatic carbocycles. The highest BCUT2D eigenvalue weighted by molar-refractivity contribution is 6.07. The highest BCUT2D eigenvalue weighted by Crippen LogP contribution is 2.32. The van der Waals surface area contributed by atoms with Crippen molar-refractivity contribution in [2.75, 3.05) is 20.6 Å². The SMILES string of the molecule is CN(C)C(=O)N[C@H](CCN(C#N)C(=O)c1ncc(O)c2ccc(Oc3ccccc3)cc12)C(=O)O. The van der Waals surface area contributed by atoms with Crippen LogP contribution in [0.5, 0.6) is 17.2 Å². The molecule has 1 heterocycles. The molecule has 180 valence electrons. The first-order chi connectivity index (χ1) is 16.7. The monoisotopic (exact) mass is 477 g/mol. The number of fused-ring (bicyclic) bond motifs is 1. The Morgan fingerprint density at radius 3 is 2.46 bits per heavy atom. The maximum atomic E-state index is 13.2. The zero-order chi connectivity index (χ0) is 25.5. The third-order valence-electron chi connectivity index (χ3n) is 5.03.